The normalized spacial score (nSPS) is 11.2. The van der Waals surface area contributed by atoms with Crippen LogP contribution in [0.5, 0.6) is 0 Å². The molecule has 0 aliphatic carbocycles. The van der Waals surface area contributed by atoms with E-state index in [1.54, 1.807) is 12.3 Å². The van der Waals surface area contributed by atoms with E-state index in [2.05, 4.69) is 42.6 Å². The standard InChI is InChI=1S/C16H27N3OS/c1-5-10-17-13-8-9-14(18-11-13)15(20)19-12-16(6-2,7-3)21-4/h8-9,11,17H,5-7,10,12H2,1-4H3,(H,19,20). The van der Waals surface area contributed by atoms with Crippen LogP contribution in [0.4, 0.5) is 5.69 Å². The minimum atomic E-state index is -0.0997. The van der Waals surface area contributed by atoms with Gasteiger partial charge in [0.25, 0.3) is 5.91 Å². The molecule has 0 unspecified atom stereocenters. The summed E-state index contributed by atoms with van der Waals surface area (Å²) in [5.74, 6) is -0.0997. The van der Waals surface area contributed by atoms with Crippen LogP contribution in [0.15, 0.2) is 18.3 Å². The first-order valence-electron chi connectivity index (χ1n) is 7.64. The Kier molecular flexibility index (Phi) is 7.57. The SMILES string of the molecule is CCCNc1ccc(C(=O)NCC(CC)(CC)SC)nc1. The van der Waals surface area contributed by atoms with Crippen LogP contribution in [0.2, 0.25) is 0 Å². The van der Waals surface area contributed by atoms with E-state index in [9.17, 15) is 4.79 Å². The Labute approximate surface area is 132 Å². The van der Waals surface area contributed by atoms with E-state index in [1.807, 2.05) is 17.8 Å². The molecule has 1 heterocycles. The highest BCUT2D eigenvalue weighted by Gasteiger charge is 2.25. The van der Waals surface area contributed by atoms with Crippen LogP contribution in [-0.2, 0) is 0 Å². The molecule has 0 fully saturated rings. The van der Waals surface area contributed by atoms with Crippen molar-refractivity contribution in [2.45, 2.75) is 44.8 Å². The lowest BCUT2D eigenvalue weighted by Crippen LogP contribution is -2.39. The summed E-state index contributed by atoms with van der Waals surface area (Å²) >= 11 is 1.82. The van der Waals surface area contributed by atoms with E-state index in [0.29, 0.717) is 12.2 Å². The first-order valence-corrected chi connectivity index (χ1v) is 8.86. The Bertz CT molecular complexity index is 421. The third kappa shape index (κ3) is 5.23. The van der Waals surface area contributed by atoms with Crippen molar-refractivity contribution in [1.29, 1.82) is 0 Å². The van der Waals surface area contributed by atoms with Crippen molar-refractivity contribution in [3.63, 3.8) is 0 Å². The molecular weight excluding hydrogens is 282 g/mol. The molecule has 0 aliphatic heterocycles. The lowest BCUT2D eigenvalue weighted by atomic mass is 10.0. The molecule has 0 aromatic carbocycles. The van der Waals surface area contributed by atoms with Gasteiger partial charge < -0.3 is 10.6 Å². The van der Waals surface area contributed by atoms with E-state index in [0.717, 1.165) is 31.5 Å². The maximum atomic E-state index is 12.2. The van der Waals surface area contributed by atoms with E-state index < -0.39 is 0 Å². The Morgan fingerprint density at radius 3 is 2.48 bits per heavy atom. The minimum Gasteiger partial charge on any atom is -0.384 e. The van der Waals surface area contributed by atoms with Gasteiger partial charge >= 0.3 is 0 Å². The summed E-state index contributed by atoms with van der Waals surface area (Å²) < 4.78 is 0.123. The van der Waals surface area contributed by atoms with Crippen molar-refractivity contribution in [2.75, 3.05) is 24.7 Å². The summed E-state index contributed by atoms with van der Waals surface area (Å²) in [5, 5.41) is 6.26. The number of anilines is 1. The van der Waals surface area contributed by atoms with Crippen molar-refractivity contribution < 1.29 is 4.79 Å². The van der Waals surface area contributed by atoms with Crippen molar-refractivity contribution in [2.24, 2.45) is 0 Å². The second-order valence-electron chi connectivity index (χ2n) is 5.14. The minimum absolute atomic E-state index is 0.0997. The molecule has 1 amide bonds. The number of thioether (sulfide) groups is 1. The molecule has 0 spiro atoms. The summed E-state index contributed by atoms with van der Waals surface area (Å²) in [4.78, 5) is 16.4. The number of carbonyl (C=O) groups excluding carboxylic acids is 1. The van der Waals surface area contributed by atoms with Gasteiger partial charge in [-0.15, -0.1) is 0 Å². The monoisotopic (exact) mass is 309 g/mol. The summed E-state index contributed by atoms with van der Waals surface area (Å²) in [6.07, 6.45) is 6.96. The molecule has 0 saturated heterocycles. The van der Waals surface area contributed by atoms with Gasteiger partial charge in [-0.1, -0.05) is 20.8 Å². The molecule has 1 rings (SSSR count). The molecule has 0 bridgehead atoms. The first-order chi connectivity index (χ1) is 10.1. The van der Waals surface area contributed by atoms with Crippen molar-refractivity contribution in [1.82, 2.24) is 10.3 Å². The number of nitrogens with one attached hydrogen (secondary N) is 2. The van der Waals surface area contributed by atoms with Crippen LogP contribution in [0.25, 0.3) is 0 Å². The van der Waals surface area contributed by atoms with Gasteiger partial charge in [0, 0.05) is 17.8 Å². The second kappa shape index (κ2) is 8.93. The fraction of sp³-hybridized carbons (Fsp3) is 0.625. The van der Waals surface area contributed by atoms with Crippen molar-refractivity contribution >= 4 is 23.4 Å². The number of hydrogen-bond donors (Lipinski definition) is 2. The lowest BCUT2D eigenvalue weighted by Gasteiger charge is -2.29. The molecule has 4 nitrogen and oxygen atoms in total. The van der Waals surface area contributed by atoms with Gasteiger partial charge in [0.05, 0.1) is 11.9 Å². The molecule has 0 radical (unpaired) electrons. The van der Waals surface area contributed by atoms with Gasteiger partial charge in [0.1, 0.15) is 5.69 Å². The zero-order chi connectivity index (χ0) is 15.7. The van der Waals surface area contributed by atoms with Crippen molar-refractivity contribution in [3.8, 4) is 0 Å². The molecule has 0 atom stereocenters. The van der Waals surface area contributed by atoms with Gasteiger partial charge in [-0.3, -0.25) is 4.79 Å². The molecule has 21 heavy (non-hydrogen) atoms. The van der Waals surface area contributed by atoms with Gasteiger partial charge in [0.15, 0.2) is 0 Å². The van der Waals surface area contributed by atoms with Gasteiger partial charge in [-0.25, -0.2) is 4.98 Å². The fourth-order valence-electron chi connectivity index (χ4n) is 2.09. The number of nitrogens with zero attached hydrogens (tertiary/aromatic N) is 1. The molecular formula is C16H27N3OS. The third-order valence-electron chi connectivity index (χ3n) is 3.87. The van der Waals surface area contributed by atoms with Crippen LogP contribution in [0, 0.1) is 0 Å². The van der Waals surface area contributed by atoms with E-state index in [-0.39, 0.29) is 10.7 Å². The summed E-state index contributed by atoms with van der Waals surface area (Å²) in [6.45, 7) is 8.03. The third-order valence-corrected chi connectivity index (χ3v) is 5.46. The Hall–Kier alpha value is -1.23. The number of rotatable bonds is 9. The number of aromatic nitrogens is 1. The molecule has 1 aromatic heterocycles. The highest BCUT2D eigenvalue weighted by Crippen LogP contribution is 2.29. The maximum Gasteiger partial charge on any atom is 0.269 e. The average Bonchev–Trinajstić information content (AvgIpc) is 2.55. The first kappa shape index (κ1) is 17.8. The van der Waals surface area contributed by atoms with E-state index >= 15 is 0 Å². The van der Waals surface area contributed by atoms with Crippen LogP contribution in [0.1, 0.15) is 50.5 Å². The molecule has 0 aliphatic rings. The largest absolute Gasteiger partial charge is 0.384 e. The Balaban J connectivity index is 2.59. The van der Waals surface area contributed by atoms with Crippen LogP contribution in [-0.4, -0.2) is 35.0 Å². The van der Waals surface area contributed by atoms with Crippen LogP contribution in [0.3, 0.4) is 0 Å². The molecule has 1 aromatic rings. The number of hydrogen-bond acceptors (Lipinski definition) is 4. The lowest BCUT2D eigenvalue weighted by molar-refractivity contribution is 0.0944. The summed E-state index contributed by atoms with van der Waals surface area (Å²) in [7, 11) is 0. The smallest absolute Gasteiger partial charge is 0.269 e. The topological polar surface area (TPSA) is 54.0 Å². The highest BCUT2D eigenvalue weighted by molar-refractivity contribution is 8.00. The maximum absolute atomic E-state index is 12.2. The summed E-state index contributed by atoms with van der Waals surface area (Å²) in [5.41, 5.74) is 1.42. The van der Waals surface area contributed by atoms with Gasteiger partial charge in [-0.2, -0.15) is 11.8 Å². The quantitative estimate of drug-likeness (QED) is 0.732. The zero-order valence-electron chi connectivity index (χ0n) is 13.5. The molecule has 118 valence electrons. The predicted molar refractivity (Wildman–Crippen MR) is 92.2 cm³/mol. The Morgan fingerprint density at radius 1 is 1.29 bits per heavy atom. The second-order valence-corrected chi connectivity index (χ2v) is 6.41. The number of pyridine rings is 1. The number of carbonyl (C=O) groups is 1. The predicted octanol–water partition coefficient (Wildman–Crippen LogP) is 3.56. The molecule has 0 saturated carbocycles. The Morgan fingerprint density at radius 2 is 2.00 bits per heavy atom. The van der Waals surface area contributed by atoms with Gasteiger partial charge in [-0.05, 0) is 37.7 Å². The van der Waals surface area contributed by atoms with Crippen LogP contribution >= 0.6 is 11.8 Å². The van der Waals surface area contributed by atoms with E-state index in [1.165, 1.54) is 0 Å². The number of amides is 1. The van der Waals surface area contributed by atoms with E-state index in [4.69, 9.17) is 0 Å². The van der Waals surface area contributed by atoms with Crippen LogP contribution < -0.4 is 10.6 Å². The highest BCUT2D eigenvalue weighted by atomic mass is 32.2. The molecule has 2 N–H and O–H groups in total. The fourth-order valence-corrected chi connectivity index (χ4v) is 2.89. The average molecular weight is 309 g/mol. The van der Waals surface area contributed by atoms with Crippen molar-refractivity contribution in [3.05, 3.63) is 24.0 Å². The zero-order valence-corrected chi connectivity index (χ0v) is 14.3. The summed E-state index contributed by atoms with van der Waals surface area (Å²) in [6, 6.07) is 3.67. The van der Waals surface area contributed by atoms with Gasteiger partial charge in [0.2, 0.25) is 0 Å². The molecule has 5 heteroatoms.